The highest BCUT2D eigenvalue weighted by Crippen LogP contribution is 2.23. The number of aliphatic hydroxyl groups excluding tert-OH is 1. The summed E-state index contributed by atoms with van der Waals surface area (Å²) >= 11 is 3.45. The van der Waals surface area contributed by atoms with E-state index in [9.17, 15) is 0 Å². The molecule has 4 nitrogen and oxygen atoms in total. The zero-order chi connectivity index (χ0) is 11.4. The molecule has 0 spiro atoms. The Hall–Kier alpha value is -0.860. The van der Waals surface area contributed by atoms with Crippen molar-refractivity contribution in [2.24, 2.45) is 5.92 Å². The lowest BCUT2D eigenvalue weighted by Gasteiger charge is -2.08. The highest BCUT2D eigenvalue weighted by molar-refractivity contribution is 9.10. The van der Waals surface area contributed by atoms with Crippen LogP contribution in [0.15, 0.2) is 4.47 Å². The van der Waals surface area contributed by atoms with Gasteiger partial charge in [-0.1, -0.05) is 0 Å². The maximum atomic E-state index is 8.98. The molecular weight excluding hydrogens is 258 g/mol. The summed E-state index contributed by atoms with van der Waals surface area (Å²) in [6.07, 6.45) is 0.530. The molecule has 0 aliphatic heterocycles. The average molecular weight is 272 g/mol. The summed E-state index contributed by atoms with van der Waals surface area (Å²) in [5.74, 6) is -0.359. The standard InChI is InChI=1S/C10H14BrN3O/c1-3-14-9(4-8(5-12)6-15)10(11)7(2)13-14/h8,15H,3-4,6H2,1-2H3. The van der Waals surface area contributed by atoms with Crippen molar-refractivity contribution in [2.75, 3.05) is 6.61 Å². The van der Waals surface area contributed by atoms with E-state index in [1.54, 1.807) is 0 Å². The molecule has 5 heteroatoms. The molecule has 0 radical (unpaired) electrons. The molecule has 0 aliphatic carbocycles. The van der Waals surface area contributed by atoms with Crippen molar-refractivity contribution < 1.29 is 5.11 Å². The molecule has 1 unspecified atom stereocenters. The number of halogens is 1. The lowest BCUT2D eigenvalue weighted by Crippen LogP contribution is -2.12. The van der Waals surface area contributed by atoms with E-state index < -0.39 is 0 Å². The minimum atomic E-state index is -0.359. The van der Waals surface area contributed by atoms with Gasteiger partial charge in [-0.3, -0.25) is 4.68 Å². The summed E-state index contributed by atoms with van der Waals surface area (Å²) in [7, 11) is 0. The van der Waals surface area contributed by atoms with Gasteiger partial charge in [-0.15, -0.1) is 0 Å². The summed E-state index contributed by atoms with van der Waals surface area (Å²) in [6, 6.07) is 2.08. The van der Waals surface area contributed by atoms with Gasteiger partial charge in [0, 0.05) is 13.0 Å². The molecule has 1 N–H and O–H groups in total. The maximum Gasteiger partial charge on any atom is 0.0750 e. The molecule has 82 valence electrons. The van der Waals surface area contributed by atoms with E-state index in [0.717, 1.165) is 22.4 Å². The second-order valence-corrected chi connectivity index (χ2v) is 4.17. The minimum absolute atomic E-state index is 0.114. The molecule has 1 aromatic rings. The first-order valence-corrected chi connectivity index (χ1v) is 5.65. The lowest BCUT2D eigenvalue weighted by atomic mass is 10.1. The molecular formula is C10H14BrN3O. The van der Waals surface area contributed by atoms with Crippen LogP contribution in [0.1, 0.15) is 18.3 Å². The van der Waals surface area contributed by atoms with Crippen molar-refractivity contribution in [1.82, 2.24) is 9.78 Å². The topological polar surface area (TPSA) is 61.8 Å². The van der Waals surface area contributed by atoms with Crippen molar-refractivity contribution in [3.63, 3.8) is 0 Å². The first kappa shape index (κ1) is 12.2. The van der Waals surface area contributed by atoms with Crippen molar-refractivity contribution in [3.8, 4) is 6.07 Å². The van der Waals surface area contributed by atoms with Gasteiger partial charge in [0.1, 0.15) is 0 Å². The maximum absolute atomic E-state index is 8.98. The Morgan fingerprint density at radius 2 is 2.33 bits per heavy atom. The molecule has 0 fully saturated rings. The van der Waals surface area contributed by atoms with Gasteiger partial charge in [-0.25, -0.2) is 0 Å². The van der Waals surface area contributed by atoms with Crippen molar-refractivity contribution in [2.45, 2.75) is 26.8 Å². The van der Waals surface area contributed by atoms with Gasteiger partial charge < -0.3 is 5.11 Å². The molecule has 0 amide bonds. The summed E-state index contributed by atoms with van der Waals surface area (Å²) < 4.78 is 2.80. The van der Waals surface area contributed by atoms with Crippen LogP contribution < -0.4 is 0 Å². The summed E-state index contributed by atoms with van der Waals surface area (Å²) in [6.45, 7) is 4.57. The largest absolute Gasteiger partial charge is 0.395 e. The van der Waals surface area contributed by atoms with Gasteiger partial charge >= 0.3 is 0 Å². The molecule has 1 atom stereocenters. The zero-order valence-corrected chi connectivity index (χ0v) is 10.5. The number of aliphatic hydroxyl groups is 1. The number of hydrogen-bond donors (Lipinski definition) is 1. The summed E-state index contributed by atoms with van der Waals surface area (Å²) in [5, 5.41) is 22.1. The molecule has 0 aliphatic rings. The second-order valence-electron chi connectivity index (χ2n) is 3.37. The average Bonchev–Trinajstić information content (AvgIpc) is 2.52. The third-order valence-corrected chi connectivity index (χ3v) is 3.33. The fourth-order valence-electron chi connectivity index (χ4n) is 1.45. The summed E-state index contributed by atoms with van der Waals surface area (Å²) in [4.78, 5) is 0. The zero-order valence-electron chi connectivity index (χ0n) is 8.87. The molecule has 1 heterocycles. The van der Waals surface area contributed by atoms with Gasteiger partial charge in [0.05, 0.1) is 34.5 Å². The Kier molecular flexibility index (Phi) is 4.30. The van der Waals surface area contributed by atoms with Crippen LogP contribution in [-0.2, 0) is 13.0 Å². The first-order valence-electron chi connectivity index (χ1n) is 4.86. The van der Waals surface area contributed by atoms with Crippen molar-refractivity contribution in [3.05, 3.63) is 15.9 Å². The van der Waals surface area contributed by atoms with E-state index in [2.05, 4.69) is 27.1 Å². The lowest BCUT2D eigenvalue weighted by molar-refractivity contribution is 0.253. The predicted molar refractivity (Wildman–Crippen MR) is 60.2 cm³/mol. The van der Waals surface area contributed by atoms with E-state index in [4.69, 9.17) is 10.4 Å². The first-order chi connectivity index (χ1) is 7.13. The van der Waals surface area contributed by atoms with Crippen LogP contribution in [0.5, 0.6) is 0 Å². The number of aryl methyl sites for hydroxylation is 2. The highest BCUT2D eigenvalue weighted by Gasteiger charge is 2.16. The monoisotopic (exact) mass is 271 g/mol. The number of nitriles is 1. The van der Waals surface area contributed by atoms with Gasteiger partial charge in [0.25, 0.3) is 0 Å². The normalized spacial score (nSPS) is 12.5. The number of rotatable bonds is 4. The molecule has 0 saturated heterocycles. The van der Waals surface area contributed by atoms with Gasteiger partial charge in [-0.05, 0) is 29.8 Å². The number of nitrogens with zero attached hydrogens (tertiary/aromatic N) is 3. The van der Waals surface area contributed by atoms with Crippen molar-refractivity contribution >= 4 is 15.9 Å². The second kappa shape index (κ2) is 5.29. The van der Waals surface area contributed by atoms with E-state index in [-0.39, 0.29) is 12.5 Å². The third kappa shape index (κ3) is 2.58. The van der Waals surface area contributed by atoms with E-state index in [1.807, 2.05) is 18.5 Å². The van der Waals surface area contributed by atoms with Crippen LogP contribution in [0.4, 0.5) is 0 Å². The van der Waals surface area contributed by atoms with Crippen LogP contribution in [0.25, 0.3) is 0 Å². The van der Waals surface area contributed by atoms with E-state index in [0.29, 0.717) is 6.42 Å². The quantitative estimate of drug-likeness (QED) is 0.906. The van der Waals surface area contributed by atoms with Gasteiger partial charge in [0.2, 0.25) is 0 Å². The Balaban J connectivity index is 2.98. The number of aromatic nitrogens is 2. The van der Waals surface area contributed by atoms with Crippen LogP contribution in [0, 0.1) is 24.2 Å². The Morgan fingerprint density at radius 3 is 2.80 bits per heavy atom. The molecule has 15 heavy (non-hydrogen) atoms. The van der Waals surface area contributed by atoms with E-state index in [1.165, 1.54) is 0 Å². The fourth-order valence-corrected chi connectivity index (χ4v) is 1.89. The van der Waals surface area contributed by atoms with Gasteiger partial charge in [-0.2, -0.15) is 10.4 Å². The predicted octanol–water partition coefficient (Wildman–Crippen LogP) is 1.65. The van der Waals surface area contributed by atoms with Crippen LogP contribution in [0.3, 0.4) is 0 Å². The number of hydrogen-bond acceptors (Lipinski definition) is 3. The minimum Gasteiger partial charge on any atom is -0.395 e. The molecule has 1 aromatic heterocycles. The van der Waals surface area contributed by atoms with Crippen LogP contribution in [-0.4, -0.2) is 21.5 Å². The van der Waals surface area contributed by atoms with E-state index >= 15 is 0 Å². The molecule has 0 bridgehead atoms. The molecule has 0 aromatic carbocycles. The van der Waals surface area contributed by atoms with Crippen LogP contribution in [0.2, 0.25) is 0 Å². The Labute approximate surface area is 97.6 Å². The third-order valence-electron chi connectivity index (χ3n) is 2.30. The Morgan fingerprint density at radius 1 is 1.67 bits per heavy atom. The highest BCUT2D eigenvalue weighted by atomic mass is 79.9. The van der Waals surface area contributed by atoms with Crippen LogP contribution >= 0.6 is 15.9 Å². The SMILES string of the molecule is CCn1nc(C)c(Br)c1CC(C#N)CO. The molecule has 0 saturated carbocycles. The smallest absolute Gasteiger partial charge is 0.0750 e. The summed E-state index contributed by atoms with van der Waals surface area (Å²) in [5.41, 5.74) is 1.90. The van der Waals surface area contributed by atoms with Gasteiger partial charge in [0.15, 0.2) is 0 Å². The fraction of sp³-hybridized carbons (Fsp3) is 0.600. The Bertz CT molecular complexity index is 381. The molecule has 1 rings (SSSR count). The van der Waals surface area contributed by atoms with Crippen molar-refractivity contribution in [1.29, 1.82) is 5.26 Å².